The van der Waals surface area contributed by atoms with Gasteiger partial charge in [-0.1, -0.05) is 10.9 Å². The second-order valence-electron chi connectivity index (χ2n) is 7.69. The summed E-state index contributed by atoms with van der Waals surface area (Å²) in [7, 11) is 1.97. The lowest BCUT2D eigenvalue weighted by Gasteiger charge is -2.45. The van der Waals surface area contributed by atoms with Crippen LogP contribution in [0.25, 0.3) is 4.85 Å². The first kappa shape index (κ1) is 16.0. The Kier molecular flexibility index (Phi) is 3.04. The molecule has 0 saturated carbocycles. The zero-order valence-electron chi connectivity index (χ0n) is 15.3. The first-order valence-corrected chi connectivity index (χ1v) is 9.29. The van der Waals surface area contributed by atoms with Crippen molar-refractivity contribution < 1.29 is 24.1 Å². The molecule has 28 heavy (non-hydrogen) atoms. The van der Waals surface area contributed by atoms with Crippen LogP contribution in [0.3, 0.4) is 0 Å². The van der Waals surface area contributed by atoms with Crippen molar-refractivity contribution in [2.24, 2.45) is 0 Å². The summed E-state index contributed by atoms with van der Waals surface area (Å²) in [6.45, 7) is 7.05. The number of hydrogen-bond acceptors (Lipinski definition) is 6. The molecule has 0 bridgehead atoms. The van der Waals surface area contributed by atoms with E-state index >= 15 is 0 Å². The Morgan fingerprint density at radius 3 is 2.68 bits per heavy atom. The summed E-state index contributed by atoms with van der Waals surface area (Å²) in [6, 6.07) is 7.80. The van der Waals surface area contributed by atoms with Gasteiger partial charge in [0.2, 0.25) is 13.6 Å². The van der Waals surface area contributed by atoms with Crippen LogP contribution in [0.1, 0.15) is 28.2 Å². The molecule has 2 aromatic carbocycles. The second-order valence-corrected chi connectivity index (χ2v) is 7.69. The van der Waals surface area contributed by atoms with Crippen LogP contribution in [0.5, 0.6) is 23.0 Å². The predicted octanol–water partition coefficient (Wildman–Crippen LogP) is 2.41. The topological polar surface area (TPSA) is 64.8 Å². The van der Waals surface area contributed by atoms with Gasteiger partial charge in [-0.25, -0.2) is 4.90 Å². The Morgan fingerprint density at radius 2 is 1.86 bits per heavy atom. The first-order valence-electron chi connectivity index (χ1n) is 9.29. The number of hydrogen-bond donors (Lipinski definition) is 1. The van der Waals surface area contributed by atoms with E-state index in [9.17, 15) is 5.11 Å². The minimum absolute atomic E-state index is 0.194. The lowest BCUT2D eigenvalue weighted by Crippen LogP contribution is -2.55. The summed E-state index contributed by atoms with van der Waals surface area (Å²) < 4.78 is 22.4. The molecule has 3 atom stereocenters. The number of ether oxygens (including phenoxy) is 4. The summed E-state index contributed by atoms with van der Waals surface area (Å²) in [6.07, 6.45) is -0.183. The third-order valence-corrected chi connectivity index (χ3v) is 6.43. The van der Waals surface area contributed by atoms with E-state index in [0.29, 0.717) is 24.5 Å². The number of fused-ring (bicyclic) bond motifs is 8. The molecule has 3 aliphatic heterocycles. The Bertz CT molecular complexity index is 1060. The van der Waals surface area contributed by atoms with Crippen molar-refractivity contribution in [3.63, 3.8) is 0 Å². The van der Waals surface area contributed by atoms with Gasteiger partial charge < -0.3 is 24.1 Å². The number of benzene rings is 2. The Labute approximate surface area is 161 Å². The van der Waals surface area contributed by atoms with E-state index < -0.39 is 11.8 Å². The Hall–Kier alpha value is -2.95. The van der Waals surface area contributed by atoms with Gasteiger partial charge in [0.15, 0.2) is 23.0 Å². The molecule has 0 radical (unpaired) electrons. The Morgan fingerprint density at radius 1 is 1.11 bits per heavy atom. The van der Waals surface area contributed by atoms with Crippen LogP contribution in [0.15, 0.2) is 24.3 Å². The molecule has 0 amide bonds. The smallest absolute Gasteiger partial charge is 0.372 e. The maximum atomic E-state index is 11.2. The van der Waals surface area contributed by atoms with Crippen LogP contribution < -0.4 is 18.9 Å². The van der Waals surface area contributed by atoms with Crippen LogP contribution in [0.4, 0.5) is 0 Å². The molecule has 142 valence electrons. The zero-order chi connectivity index (χ0) is 19.0. The SMILES string of the molecule is C#[N+][C@@]12c3cc4c(cc3C[C@H](O)[C@@H]1c1ccc3c(c1CN2C)OCO3)OCO4. The molecule has 0 fully saturated rings. The minimum Gasteiger partial charge on any atom is -0.454 e. The van der Waals surface area contributed by atoms with Crippen molar-refractivity contribution in [1.82, 2.24) is 4.90 Å². The van der Waals surface area contributed by atoms with Gasteiger partial charge in [-0.3, -0.25) is 0 Å². The molecule has 0 spiro atoms. The number of rotatable bonds is 0. The molecule has 2 aromatic rings. The third-order valence-electron chi connectivity index (χ3n) is 6.43. The summed E-state index contributed by atoms with van der Waals surface area (Å²) in [5.74, 6) is 2.52. The fourth-order valence-electron chi connectivity index (χ4n) is 5.25. The van der Waals surface area contributed by atoms with E-state index in [-0.39, 0.29) is 19.5 Å². The highest BCUT2D eigenvalue weighted by atomic mass is 16.7. The lowest BCUT2D eigenvalue weighted by atomic mass is 9.66. The van der Waals surface area contributed by atoms with Crippen molar-refractivity contribution in [1.29, 1.82) is 0 Å². The van der Waals surface area contributed by atoms with Crippen LogP contribution >= 0.6 is 0 Å². The maximum absolute atomic E-state index is 11.2. The van der Waals surface area contributed by atoms with E-state index in [2.05, 4.69) is 9.74 Å². The average Bonchev–Trinajstić information content (AvgIpc) is 3.35. The van der Waals surface area contributed by atoms with E-state index in [1.54, 1.807) is 0 Å². The fraction of sp³-hybridized carbons (Fsp3) is 0.381. The monoisotopic (exact) mass is 379 g/mol. The minimum atomic E-state index is -0.908. The fourth-order valence-corrected chi connectivity index (χ4v) is 5.25. The summed E-state index contributed by atoms with van der Waals surface area (Å²) in [5, 5.41) is 11.2. The molecule has 1 N–H and O–H groups in total. The number of aliphatic hydroxyl groups excluding tert-OH is 1. The number of aliphatic hydroxyl groups is 1. The van der Waals surface area contributed by atoms with Crippen LogP contribution in [-0.4, -0.2) is 36.7 Å². The second kappa shape index (κ2) is 5.31. The molecule has 7 nitrogen and oxygen atoms in total. The van der Waals surface area contributed by atoms with Crippen molar-refractivity contribution in [3.8, 4) is 29.6 Å². The molecular weight excluding hydrogens is 360 g/mol. The van der Waals surface area contributed by atoms with Crippen molar-refractivity contribution >= 4 is 0 Å². The molecular formula is C21H19N2O5+. The zero-order valence-corrected chi connectivity index (χ0v) is 15.3. The third kappa shape index (κ3) is 1.79. The van der Waals surface area contributed by atoms with Gasteiger partial charge in [0.1, 0.15) is 5.92 Å². The molecule has 4 aliphatic rings. The van der Waals surface area contributed by atoms with Crippen molar-refractivity contribution in [2.75, 3.05) is 20.6 Å². The maximum Gasteiger partial charge on any atom is 0.372 e. The summed E-state index contributed by atoms with van der Waals surface area (Å²) in [4.78, 5) is 6.46. The van der Waals surface area contributed by atoms with Crippen LogP contribution in [-0.2, 0) is 18.6 Å². The quantitative estimate of drug-likeness (QED) is 0.758. The van der Waals surface area contributed by atoms with Crippen molar-refractivity contribution in [2.45, 2.75) is 30.7 Å². The summed E-state index contributed by atoms with van der Waals surface area (Å²) >= 11 is 0. The van der Waals surface area contributed by atoms with Gasteiger partial charge in [-0.15, -0.1) is 0 Å². The number of likely N-dealkylation sites (N-methyl/N-ethyl adjacent to an activating group) is 1. The van der Waals surface area contributed by atoms with E-state index in [0.717, 1.165) is 33.8 Å². The summed E-state index contributed by atoms with van der Waals surface area (Å²) in [5.41, 5.74) is 3.02. The van der Waals surface area contributed by atoms with Crippen LogP contribution in [0, 0.1) is 6.57 Å². The Balaban J connectivity index is 1.62. The van der Waals surface area contributed by atoms with Gasteiger partial charge in [-0.05, 0) is 36.4 Å². The molecule has 0 unspecified atom stereocenters. The predicted molar refractivity (Wildman–Crippen MR) is 99.0 cm³/mol. The van der Waals surface area contributed by atoms with E-state index in [1.807, 2.05) is 31.3 Å². The van der Waals surface area contributed by atoms with Gasteiger partial charge in [0.05, 0.1) is 11.7 Å². The normalized spacial score (nSPS) is 28.9. The average molecular weight is 379 g/mol. The van der Waals surface area contributed by atoms with Gasteiger partial charge in [0, 0.05) is 18.5 Å². The number of nitrogens with zero attached hydrogens (tertiary/aromatic N) is 2. The molecule has 6 rings (SSSR count). The molecule has 1 aliphatic carbocycles. The highest BCUT2D eigenvalue weighted by Crippen LogP contribution is 2.57. The largest absolute Gasteiger partial charge is 0.454 e. The molecule has 0 aromatic heterocycles. The standard InChI is InChI=1S/C21H19N2O5/c1-22-21-14-7-18-17(26-9-27-18)6-11(14)5-15(24)19(21)12-3-4-16-20(28-10-25-16)13(12)8-23(21)2/h1,3-4,6-7,15,19,24H,5,8-10H2,2H3/q+1/t15-,19-,21+/m0/s1. The molecule has 3 heterocycles. The van der Waals surface area contributed by atoms with Gasteiger partial charge >= 0.3 is 5.66 Å². The highest BCUT2D eigenvalue weighted by Gasteiger charge is 2.64. The van der Waals surface area contributed by atoms with E-state index in [4.69, 9.17) is 25.5 Å². The van der Waals surface area contributed by atoms with Crippen molar-refractivity contribution in [3.05, 3.63) is 51.4 Å². The molecule has 7 heteroatoms. The van der Waals surface area contributed by atoms with E-state index in [1.165, 1.54) is 0 Å². The van der Waals surface area contributed by atoms with Crippen LogP contribution in [0.2, 0.25) is 0 Å². The lowest BCUT2D eigenvalue weighted by molar-refractivity contribution is 0.0143. The van der Waals surface area contributed by atoms with Gasteiger partial charge in [0.25, 0.3) is 6.57 Å². The van der Waals surface area contributed by atoms with Gasteiger partial charge in [-0.2, -0.15) is 0 Å². The molecule has 0 saturated heterocycles. The highest BCUT2D eigenvalue weighted by molar-refractivity contribution is 5.60. The first-order chi connectivity index (χ1) is 13.6.